The maximum absolute atomic E-state index is 10.1. The van der Waals surface area contributed by atoms with Crippen LogP contribution in [0.4, 0.5) is 0 Å². The van der Waals surface area contributed by atoms with Crippen molar-refractivity contribution < 1.29 is 150 Å². The van der Waals surface area contributed by atoms with E-state index in [0.29, 0.717) is 5.92 Å². The van der Waals surface area contributed by atoms with E-state index in [2.05, 4.69) is 189 Å². The number of aliphatic hydroxyl groups excluding tert-OH is 2. The quantitative estimate of drug-likeness (QED) is 0.0591. The van der Waals surface area contributed by atoms with E-state index < -0.39 is 5.97 Å². The summed E-state index contributed by atoms with van der Waals surface area (Å²) in [4.78, 5) is 59.9. The smallest absolute Gasteiger partial charge is 0.354 e. The van der Waals surface area contributed by atoms with Gasteiger partial charge in [0.15, 0.2) is 11.6 Å². The molecule has 16 rings (SSSR count). The Labute approximate surface area is 798 Å². The number of carboxylic acid groups (broad SMARTS) is 1. The monoisotopic (exact) mass is 2690 g/mol. The molecule has 16 aromatic rings. The average Bonchev–Trinajstić information content (AvgIpc) is 1.60. The molecule has 0 unspecified atom stereocenters. The molecule has 8 aromatic heterocycles. The first-order valence-electron chi connectivity index (χ1n) is 37.5. The van der Waals surface area contributed by atoms with E-state index in [1.807, 2.05) is 220 Å². The van der Waals surface area contributed by atoms with Gasteiger partial charge in [0.2, 0.25) is 0 Å². The van der Waals surface area contributed by atoms with Crippen molar-refractivity contribution in [1.29, 1.82) is 0 Å². The van der Waals surface area contributed by atoms with Crippen molar-refractivity contribution in [2.75, 3.05) is 0 Å². The van der Waals surface area contributed by atoms with Gasteiger partial charge in [-0.2, -0.15) is 0 Å². The number of rotatable bonds is 12. The number of aromatic carboxylic acids is 1. The standard InChI is InChI=1S/C21H19N2.C17H15N2.C13H12N.C12H10N.2C11H8N.C6H5NO2.2C5H8O2.6Ir/c1-15(2)14-23-20-9-4-3-7-17(20)18-13-16(10-11-21(18)23)19-8-5-6-12-22-19;1-13-7-6-8-14(2)16(13)19-12-11-18-17(19)15-9-4-3-5-10-15;1-10-5-3-7-12(9-10)13-8-4-6-11(2)14-13;1-10-6-5-9-13-12(10)11-7-3-2-4-8-11;2*1-2-6-10(7-3-1)11-8-4-5-9-12-11;8-6(9)5-3-1-2-4-7-5;2*1-4(6)3-5(2)7;;;;;;/h3-9,11-13,15H,14H2,1-2H3;3-9,11-12H,1-2H3;3-6,8-9H,1-2H3;2-7,9H,1H3;2*1-6,8-9H;1-4H,(H,8,9);2*3,6H,1-2H3;;;;;;/q6*-1;;;;;;;;;. The second-order valence-corrected chi connectivity index (χ2v) is 26.7. The summed E-state index contributed by atoms with van der Waals surface area (Å²) in [5, 5.41) is 27.6. The number of hydrogen-bond acceptors (Lipinski definition) is 12. The summed E-state index contributed by atoms with van der Waals surface area (Å²) < 4.78 is 4.55. The van der Waals surface area contributed by atoms with Gasteiger partial charge in [-0.05, 0) is 160 Å². The number of carboxylic acids is 1. The number of allylic oxidation sites excluding steroid dienone is 4. The number of para-hydroxylation sites is 2. The third-order valence-electron chi connectivity index (χ3n) is 16.6. The van der Waals surface area contributed by atoms with Gasteiger partial charge in [0.25, 0.3) is 0 Å². The first kappa shape index (κ1) is 108. The first-order chi connectivity index (χ1) is 56.1. The van der Waals surface area contributed by atoms with Crippen molar-refractivity contribution in [2.24, 2.45) is 5.92 Å². The predicted molar refractivity (Wildman–Crippen MR) is 467 cm³/mol. The second-order valence-electron chi connectivity index (χ2n) is 26.7. The molecule has 0 aliphatic rings. The fraction of sp³-hybridized carbons (Fsp3) is 0.129. The molecule has 122 heavy (non-hydrogen) atoms. The van der Waals surface area contributed by atoms with Crippen LogP contribution in [0.3, 0.4) is 0 Å². The molecule has 15 nitrogen and oxygen atoms in total. The number of aromatic nitrogens is 9. The summed E-state index contributed by atoms with van der Waals surface area (Å²) in [6, 6.07) is 109. The van der Waals surface area contributed by atoms with Gasteiger partial charge in [-0.1, -0.05) is 129 Å². The van der Waals surface area contributed by atoms with E-state index >= 15 is 0 Å². The molecule has 0 aliphatic carbocycles. The Kier molecular flexibility index (Phi) is 51.5. The number of pyridine rings is 6. The SMILES string of the molecule is CC(=O)C=C(C)O.CC(=O)C=C(C)O.CC(C)Cn1c2c[c-]c(-c3ccccn3)cc2c2ccccc21.Cc1cc[c-]c(-c2cccc(C)n2)c1.Cc1cccc(C)c1-n1ccnc1-c1[c-]cccc1.Cc1cccnc1-c1[c-]cccc1.O=C(O)c1ccccn1.[Ir].[Ir].[Ir].[Ir].[Ir].[Ir].[c-]1ccccc1-c1ccccn1.[c-]1ccccc1-c1ccccn1. The van der Waals surface area contributed by atoms with Crippen LogP contribution in [0.25, 0.3) is 95.2 Å². The summed E-state index contributed by atoms with van der Waals surface area (Å²) in [6.45, 7) is 21.6. The number of ketones is 2. The Morgan fingerprint density at radius 2 is 0.828 bits per heavy atom. The van der Waals surface area contributed by atoms with Gasteiger partial charge in [-0.15, -0.1) is 203 Å². The molecule has 21 heteroatoms. The van der Waals surface area contributed by atoms with Crippen molar-refractivity contribution in [3.8, 4) is 73.4 Å². The molecule has 8 heterocycles. The fourth-order valence-electron chi connectivity index (χ4n) is 11.6. The average molecular weight is 2680 g/mol. The molecule has 8 aromatic carbocycles. The molecule has 0 saturated carbocycles. The third kappa shape index (κ3) is 36.3. The number of aliphatic hydroxyl groups is 2. The van der Waals surface area contributed by atoms with E-state index in [1.54, 1.807) is 24.5 Å². The van der Waals surface area contributed by atoms with Crippen LogP contribution in [-0.4, -0.2) is 76.9 Å². The number of hydrogen-bond donors (Lipinski definition) is 3. The number of carbonyl (C=O) groups is 3. The van der Waals surface area contributed by atoms with Gasteiger partial charge in [0.1, 0.15) is 5.69 Å². The second kappa shape index (κ2) is 58.5. The van der Waals surface area contributed by atoms with Crippen LogP contribution in [0.5, 0.6) is 0 Å². The van der Waals surface area contributed by atoms with E-state index in [0.717, 1.165) is 79.9 Å². The van der Waals surface area contributed by atoms with Crippen molar-refractivity contribution in [1.82, 2.24) is 44.0 Å². The predicted octanol–water partition coefficient (Wildman–Crippen LogP) is 23.2. The molecule has 0 atom stereocenters. The largest absolute Gasteiger partial charge is 0.512 e. The van der Waals surface area contributed by atoms with Gasteiger partial charge in [0, 0.05) is 200 Å². The van der Waals surface area contributed by atoms with E-state index in [4.69, 9.17) is 15.3 Å². The third-order valence-corrected chi connectivity index (χ3v) is 16.6. The van der Waals surface area contributed by atoms with Gasteiger partial charge >= 0.3 is 5.97 Å². The zero-order valence-electron chi connectivity index (χ0n) is 69.1. The number of imidazole rings is 1. The molecule has 0 aliphatic heterocycles. The molecule has 0 saturated heterocycles. The summed E-state index contributed by atoms with van der Waals surface area (Å²) in [7, 11) is 0. The van der Waals surface area contributed by atoms with E-state index in [1.165, 1.54) is 102 Å². The first-order valence-corrected chi connectivity index (χ1v) is 37.5. The molecule has 3 N–H and O–H groups in total. The fourth-order valence-corrected chi connectivity index (χ4v) is 11.6. The maximum atomic E-state index is 10.1. The van der Waals surface area contributed by atoms with Crippen molar-refractivity contribution in [3.63, 3.8) is 0 Å². The van der Waals surface area contributed by atoms with Crippen LogP contribution in [0.2, 0.25) is 0 Å². The van der Waals surface area contributed by atoms with Crippen molar-refractivity contribution >= 4 is 39.3 Å². The van der Waals surface area contributed by atoms with Crippen LogP contribution in [-0.2, 0) is 137 Å². The molecule has 638 valence electrons. The Bertz CT molecular complexity index is 5510. The molecular weight excluding hydrogens is 2590 g/mol. The normalized spacial score (nSPS) is 9.93. The molecule has 6 radical (unpaired) electrons. The van der Waals surface area contributed by atoms with Crippen LogP contribution in [0.1, 0.15) is 80.0 Å². The van der Waals surface area contributed by atoms with Gasteiger partial charge < -0.3 is 49.4 Å². The van der Waals surface area contributed by atoms with E-state index in [9.17, 15) is 14.4 Å². The molecule has 0 fully saturated rings. The number of nitrogens with zero attached hydrogens (tertiary/aromatic N) is 9. The number of carbonyl (C=O) groups excluding carboxylic acids is 2. The number of aryl methyl sites for hydroxylation is 5. The zero-order valence-corrected chi connectivity index (χ0v) is 83.4. The minimum absolute atomic E-state index is 0. The van der Waals surface area contributed by atoms with Crippen LogP contribution in [0, 0.1) is 76.9 Å². The molecular formula is C101H93Ir6N9O6-6. The topological polar surface area (TPSA) is 212 Å². The van der Waals surface area contributed by atoms with Crippen molar-refractivity contribution in [2.45, 2.75) is 82.7 Å². The number of benzene rings is 8. The van der Waals surface area contributed by atoms with Crippen LogP contribution < -0.4 is 0 Å². The zero-order chi connectivity index (χ0) is 83.0. The summed E-state index contributed by atoms with van der Waals surface area (Å²) in [5.41, 5.74) is 21.0. The van der Waals surface area contributed by atoms with Crippen molar-refractivity contribution in [3.05, 3.63) is 410 Å². The molecule has 0 amide bonds. The van der Waals surface area contributed by atoms with Gasteiger partial charge in [-0.3, -0.25) is 14.6 Å². The van der Waals surface area contributed by atoms with E-state index in [-0.39, 0.29) is 149 Å². The Balaban J connectivity index is 0.000000473. The Hall–Kier alpha value is -10.5. The summed E-state index contributed by atoms with van der Waals surface area (Å²) in [5.74, 6) is 0.415. The minimum Gasteiger partial charge on any atom is -0.512 e. The van der Waals surface area contributed by atoms with Crippen LogP contribution >= 0.6 is 0 Å². The Morgan fingerprint density at radius 1 is 0.385 bits per heavy atom. The molecule has 0 spiro atoms. The summed E-state index contributed by atoms with van der Waals surface area (Å²) >= 11 is 0. The maximum Gasteiger partial charge on any atom is 0.354 e. The van der Waals surface area contributed by atoms with Gasteiger partial charge in [-0.25, -0.2) is 9.78 Å². The Morgan fingerprint density at radius 3 is 1.26 bits per heavy atom. The molecule has 0 bridgehead atoms. The van der Waals surface area contributed by atoms with Gasteiger partial charge in [0.05, 0.1) is 17.3 Å². The minimum atomic E-state index is -0.990. The summed E-state index contributed by atoms with van der Waals surface area (Å²) in [6.07, 6.45) is 14.8. The number of fused-ring (bicyclic) bond motifs is 3. The van der Waals surface area contributed by atoms with Crippen LogP contribution in [0.15, 0.2) is 340 Å².